The zero-order valence-corrected chi connectivity index (χ0v) is 7.11. The normalized spacial score (nSPS) is 20.1. The van der Waals surface area contributed by atoms with Crippen LogP contribution in [-0.2, 0) is 0 Å². The molecule has 12 heavy (non-hydrogen) atoms. The maximum absolute atomic E-state index is 9.84. The summed E-state index contributed by atoms with van der Waals surface area (Å²) in [5, 5.41) is 9.84. The Labute approximate surface area is 73.0 Å². The van der Waals surface area contributed by atoms with Crippen molar-refractivity contribution in [1.29, 1.82) is 0 Å². The van der Waals surface area contributed by atoms with Crippen LogP contribution in [0.3, 0.4) is 0 Å². The molecule has 0 radical (unpaired) electrons. The molecule has 0 amide bonds. The molecule has 1 aliphatic carbocycles. The Kier molecular flexibility index (Phi) is 2.13. The largest absolute Gasteiger partial charge is 0.388 e. The van der Waals surface area contributed by atoms with Crippen molar-refractivity contribution in [3.8, 4) is 0 Å². The molecule has 1 aromatic rings. The molecular formula is C11H14O. The second-order valence-corrected chi connectivity index (χ2v) is 3.55. The van der Waals surface area contributed by atoms with Crippen LogP contribution in [0.15, 0.2) is 30.3 Å². The average molecular weight is 162 g/mol. The Morgan fingerprint density at radius 1 is 1.17 bits per heavy atom. The van der Waals surface area contributed by atoms with Crippen molar-refractivity contribution in [3.63, 3.8) is 0 Å². The van der Waals surface area contributed by atoms with Gasteiger partial charge in [0.1, 0.15) is 0 Å². The molecule has 2 rings (SSSR count). The van der Waals surface area contributed by atoms with Gasteiger partial charge in [-0.1, -0.05) is 36.8 Å². The predicted octanol–water partition coefficient (Wildman–Crippen LogP) is 2.52. The maximum Gasteiger partial charge on any atom is 0.0818 e. The topological polar surface area (TPSA) is 20.2 Å². The first-order chi connectivity index (χ1) is 5.88. The highest BCUT2D eigenvalue weighted by molar-refractivity contribution is 5.18. The molecule has 0 aliphatic heterocycles. The second-order valence-electron chi connectivity index (χ2n) is 3.55. The molecule has 0 aromatic heterocycles. The summed E-state index contributed by atoms with van der Waals surface area (Å²) in [7, 11) is 0. The van der Waals surface area contributed by atoms with Crippen molar-refractivity contribution < 1.29 is 5.11 Å². The molecule has 64 valence electrons. The van der Waals surface area contributed by atoms with Crippen molar-refractivity contribution >= 4 is 0 Å². The predicted molar refractivity (Wildman–Crippen MR) is 48.7 cm³/mol. The molecule has 1 atom stereocenters. The van der Waals surface area contributed by atoms with Gasteiger partial charge in [0, 0.05) is 0 Å². The summed E-state index contributed by atoms with van der Waals surface area (Å²) in [6.07, 6.45) is 3.45. The van der Waals surface area contributed by atoms with E-state index in [1.54, 1.807) is 0 Å². The third kappa shape index (κ3) is 1.37. The Hall–Kier alpha value is -0.820. The van der Waals surface area contributed by atoms with E-state index >= 15 is 0 Å². The zero-order chi connectivity index (χ0) is 8.39. The highest BCUT2D eigenvalue weighted by atomic mass is 16.3. The van der Waals surface area contributed by atoms with Crippen LogP contribution in [0.2, 0.25) is 0 Å². The van der Waals surface area contributed by atoms with Gasteiger partial charge < -0.3 is 5.11 Å². The fourth-order valence-electron chi connectivity index (χ4n) is 1.68. The third-order valence-electron chi connectivity index (χ3n) is 2.74. The first-order valence-corrected chi connectivity index (χ1v) is 4.61. The lowest BCUT2D eigenvalue weighted by atomic mass is 9.79. The van der Waals surface area contributed by atoms with Gasteiger partial charge in [0.15, 0.2) is 0 Å². The Balaban J connectivity index is 2.08. The second kappa shape index (κ2) is 3.28. The van der Waals surface area contributed by atoms with Gasteiger partial charge in [-0.3, -0.25) is 0 Å². The van der Waals surface area contributed by atoms with Crippen LogP contribution in [0, 0.1) is 5.92 Å². The molecule has 1 heteroatoms. The molecule has 1 aliphatic rings. The molecule has 1 fully saturated rings. The smallest absolute Gasteiger partial charge is 0.0818 e. The van der Waals surface area contributed by atoms with Gasteiger partial charge in [-0.2, -0.15) is 0 Å². The van der Waals surface area contributed by atoms with Gasteiger partial charge in [0.2, 0.25) is 0 Å². The van der Waals surface area contributed by atoms with E-state index < -0.39 is 0 Å². The van der Waals surface area contributed by atoms with Crippen LogP contribution in [0.25, 0.3) is 0 Å². The lowest BCUT2D eigenvalue weighted by Crippen LogP contribution is -2.19. The highest BCUT2D eigenvalue weighted by Crippen LogP contribution is 2.37. The molecule has 0 bridgehead atoms. The number of aliphatic hydroxyl groups is 1. The van der Waals surface area contributed by atoms with Crippen molar-refractivity contribution in [2.24, 2.45) is 5.92 Å². The van der Waals surface area contributed by atoms with Crippen molar-refractivity contribution in [3.05, 3.63) is 35.9 Å². The molecule has 0 heterocycles. The molecule has 1 saturated carbocycles. The first-order valence-electron chi connectivity index (χ1n) is 4.61. The summed E-state index contributed by atoms with van der Waals surface area (Å²) in [5.41, 5.74) is 1.07. The van der Waals surface area contributed by atoms with Crippen LogP contribution >= 0.6 is 0 Å². The van der Waals surface area contributed by atoms with E-state index in [0.717, 1.165) is 5.56 Å². The summed E-state index contributed by atoms with van der Waals surface area (Å²) in [6.45, 7) is 0. The number of rotatable bonds is 2. The van der Waals surface area contributed by atoms with Gasteiger partial charge in [-0.25, -0.2) is 0 Å². The molecular weight excluding hydrogens is 148 g/mol. The maximum atomic E-state index is 9.84. The minimum absolute atomic E-state index is 0.222. The third-order valence-corrected chi connectivity index (χ3v) is 2.74. The lowest BCUT2D eigenvalue weighted by molar-refractivity contribution is 0.0621. The summed E-state index contributed by atoms with van der Waals surface area (Å²) >= 11 is 0. The lowest BCUT2D eigenvalue weighted by Gasteiger charge is -2.30. The van der Waals surface area contributed by atoms with E-state index in [1.807, 2.05) is 30.3 Å². The minimum atomic E-state index is -0.222. The standard InChI is InChI=1S/C11H14O/c12-11(10-7-4-8-10)9-5-2-1-3-6-9/h1-3,5-6,10-12H,4,7-8H2/t11-/m1/s1. The quantitative estimate of drug-likeness (QED) is 0.708. The van der Waals surface area contributed by atoms with E-state index in [0.29, 0.717) is 5.92 Å². The number of aliphatic hydroxyl groups excluding tert-OH is 1. The van der Waals surface area contributed by atoms with E-state index in [9.17, 15) is 5.11 Å². The summed E-state index contributed by atoms with van der Waals surface area (Å²) in [4.78, 5) is 0. The molecule has 1 nitrogen and oxygen atoms in total. The minimum Gasteiger partial charge on any atom is -0.388 e. The average Bonchev–Trinajstić information content (AvgIpc) is 2.03. The van der Waals surface area contributed by atoms with Crippen molar-refractivity contribution in [2.45, 2.75) is 25.4 Å². The van der Waals surface area contributed by atoms with Crippen LogP contribution in [0.4, 0.5) is 0 Å². The summed E-state index contributed by atoms with van der Waals surface area (Å²) in [5.74, 6) is 0.521. The van der Waals surface area contributed by atoms with Crippen LogP contribution in [0.5, 0.6) is 0 Å². The SMILES string of the molecule is O[C@H](c1ccccc1)C1CCC1. The van der Waals surface area contributed by atoms with E-state index in [2.05, 4.69) is 0 Å². The molecule has 0 spiro atoms. The van der Waals surface area contributed by atoms with Gasteiger partial charge in [0.25, 0.3) is 0 Å². The van der Waals surface area contributed by atoms with E-state index in [4.69, 9.17) is 0 Å². The van der Waals surface area contributed by atoms with Crippen LogP contribution in [0.1, 0.15) is 30.9 Å². The Bertz CT molecular complexity index is 238. The number of hydrogen-bond donors (Lipinski definition) is 1. The molecule has 1 aromatic carbocycles. The van der Waals surface area contributed by atoms with Crippen LogP contribution < -0.4 is 0 Å². The number of hydrogen-bond acceptors (Lipinski definition) is 1. The summed E-state index contributed by atoms with van der Waals surface area (Å²) < 4.78 is 0. The molecule has 0 saturated heterocycles. The van der Waals surface area contributed by atoms with Gasteiger partial charge >= 0.3 is 0 Å². The highest BCUT2D eigenvalue weighted by Gasteiger charge is 2.26. The van der Waals surface area contributed by atoms with Crippen molar-refractivity contribution in [2.75, 3.05) is 0 Å². The molecule has 1 N–H and O–H groups in total. The Morgan fingerprint density at radius 2 is 1.83 bits per heavy atom. The van der Waals surface area contributed by atoms with E-state index in [1.165, 1.54) is 19.3 Å². The zero-order valence-electron chi connectivity index (χ0n) is 7.11. The fourth-order valence-corrected chi connectivity index (χ4v) is 1.68. The van der Waals surface area contributed by atoms with Gasteiger partial charge in [0.05, 0.1) is 6.10 Å². The first kappa shape index (κ1) is 7.81. The summed E-state index contributed by atoms with van der Waals surface area (Å²) in [6, 6.07) is 9.96. The Morgan fingerprint density at radius 3 is 2.33 bits per heavy atom. The van der Waals surface area contributed by atoms with E-state index in [-0.39, 0.29) is 6.10 Å². The van der Waals surface area contributed by atoms with Crippen LogP contribution in [-0.4, -0.2) is 5.11 Å². The van der Waals surface area contributed by atoms with Gasteiger partial charge in [-0.05, 0) is 24.3 Å². The monoisotopic (exact) mass is 162 g/mol. The van der Waals surface area contributed by atoms with Gasteiger partial charge in [-0.15, -0.1) is 0 Å². The van der Waals surface area contributed by atoms with Crippen molar-refractivity contribution in [1.82, 2.24) is 0 Å². The number of benzene rings is 1. The fraction of sp³-hybridized carbons (Fsp3) is 0.455. The molecule has 0 unspecified atom stereocenters.